The van der Waals surface area contributed by atoms with Gasteiger partial charge < -0.3 is 10.2 Å². The van der Waals surface area contributed by atoms with Crippen LogP contribution >= 0.6 is 23.8 Å². The van der Waals surface area contributed by atoms with Crippen LogP contribution in [0.25, 0.3) is 0 Å². The normalized spacial score (nSPS) is 10.5. The number of nitrogens with one attached hydrogen (secondary N) is 2. The predicted molar refractivity (Wildman–Crippen MR) is 77.9 cm³/mol. The molecule has 0 spiro atoms. The summed E-state index contributed by atoms with van der Waals surface area (Å²) in [7, 11) is 1.63. The van der Waals surface area contributed by atoms with Crippen molar-refractivity contribution < 1.29 is 4.74 Å². The minimum absolute atomic E-state index is 0.540. The molecule has 2 aromatic rings. The number of H-pyrrole nitrogens is 1. The minimum atomic E-state index is 0.540. The van der Waals surface area contributed by atoms with Gasteiger partial charge in [0.1, 0.15) is 5.75 Å². The van der Waals surface area contributed by atoms with Gasteiger partial charge in [-0.2, -0.15) is 5.10 Å². The number of rotatable bonds is 5. The number of aromatic amines is 1. The van der Waals surface area contributed by atoms with Crippen molar-refractivity contribution in [3.8, 4) is 5.75 Å². The molecule has 0 atom stereocenters. The van der Waals surface area contributed by atoms with Crippen LogP contribution in [-0.4, -0.2) is 22.0 Å². The van der Waals surface area contributed by atoms with Crippen LogP contribution in [0.4, 0.5) is 0 Å². The Balaban J connectivity index is 2.20. The molecule has 0 saturated carbocycles. The Morgan fingerprint density at radius 1 is 1.53 bits per heavy atom. The molecule has 2 rings (SSSR count). The lowest BCUT2D eigenvalue weighted by atomic mass is 10.2. The zero-order valence-electron chi connectivity index (χ0n) is 10.7. The molecule has 0 aliphatic heterocycles. The lowest BCUT2D eigenvalue weighted by Crippen LogP contribution is -2.17. The quantitative estimate of drug-likeness (QED) is 0.834. The maximum Gasteiger partial charge on any atom is 0.214 e. The number of aryl methyl sites for hydroxylation is 1. The zero-order chi connectivity index (χ0) is 13.8. The standard InChI is InChI=1S/C12H15ClN4OS/c1-3-11-15-16-12(19)17(11)14-7-8-6-9(13)4-5-10(8)18-2/h4-6,14H,3,7H2,1-2H3,(H,16,19). The van der Waals surface area contributed by atoms with Crippen LogP contribution in [0, 0.1) is 4.77 Å². The van der Waals surface area contributed by atoms with Crippen LogP contribution in [0.5, 0.6) is 5.75 Å². The highest BCUT2D eigenvalue weighted by atomic mass is 35.5. The summed E-state index contributed by atoms with van der Waals surface area (Å²) in [5.74, 6) is 1.64. The molecule has 0 fully saturated rings. The van der Waals surface area contributed by atoms with Crippen molar-refractivity contribution in [1.82, 2.24) is 14.9 Å². The number of halogens is 1. The van der Waals surface area contributed by atoms with Gasteiger partial charge in [0.05, 0.1) is 13.7 Å². The first-order valence-electron chi connectivity index (χ1n) is 5.88. The van der Waals surface area contributed by atoms with Gasteiger partial charge in [-0.25, -0.2) is 4.68 Å². The lowest BCUT2D eigenvalue weighted by molar-refractivity contribution is 0.409. The summed E-state index contributed by atoms with van der Waals surface area (Å²) in [5.41, 5.74) is 4.17. The summed E-state index contributed by atoms with van der Waals surface area (Å²) < 4.78 is 7.60. The van der Waals surface area contributed by atoms with Gasteiger partial charge in [0.25, 0.3) is 0 Å². The van der Waals surface area contributed by atoms with Crippen molar-refractivity contribution in [3.63, 3.8) is 0 Å². The summed E-state index contributed by atoms with van der Waals surface area (Å²) in [6.45, 7) is 2.56. The second-order valence-electron chi connectivity index (χ2n) is 3.93. The summed E-state index contributed by atoms with van der Waals surface area (Å²) in [5, 5.41) is 7.56. The third-order valence-corrected chi connectivity index (χ3v) is 3.24. The highest BCUT2D eigenvalue weighted by molar-refractivity contribution is 7.71. The minimum Gasteiger partial charge on any atom is -0.496 e. The van der Waals surface area contributed by atoms with E-state index in [1.54, 1.807) is 17.9 Å². The number of nitrogens with zero attached hydrogens (tertiary/aromatic N) is 2. The van der Waals surface area contributed by atoms with Gasteiger partial charge in [0, 0.05) is 17.0 Å². The van der Waals surface area contributed by atoms with Crippen LogP contribution in [0.3, 0.4) is 0 Å². The SMILES string of the molecule is CCc1n[nH]c(=S)n1NCc1cc(Cl)ccc1OC. The maximum absolute atomic E-state index is 6.00. The second kappa shape index (κ2) is 6.08. The van der Waals surface area contributed by atoms with Gasteiger partial charge >= 0.3 is 0 Å². The van der Waals surface area contributed by atoms with E-state index in [-0.39, 0.29) is 0 Å². The Labute approximate surface area is 121 Å². The first kappa shape index (κ1) is 13.9. The molecule has 0 amide bonds. The van der Waals surface area contributed by atoms with Gasteiger partial charge in [-0.3, -0.25) is 5.10 Å². The molecule has 0 aliphatic carbocycles. The molecule has 7 heteroatoms. The molecular formula is C12H15ClN4OS. The molecule has 0 saturated heterocycles. The Morgan fingerprint density at radius 2 is 2.32 bits per heavy atom. The van der Waals surface area contributed by atoms with E-state index >= 15 is 0 Å². The van der Waals surface area contributed by atoms with Crippen LogP contribution in [0.1, 0.15) is 18.3 Å². The number of aromatic nitrogens is 3. The summed E-state index contributed by atoms with van der Waals surface area (Å²) in [4.78, 5) is 0. The maximum atomic E-state index is 6.00. The monoisotopic (exact) mass is 298 g/mol. The number of methoxy groups -OCH3 is 1. The second-order valence-corrected chi connectivity index (χ2v) is 4.75. The van der Waals surface area contributed by atoms with Gasteiger partial charge in [-0.15, -0.1) is 0 Å². The van der Waals surface area contributed by atoms with Gasteiger partial charge in [-0.05, 0) is 30.4 Å². The van der Waals surface area contributed by atoms with E-state index in [1.165, 1.54) is 0 Å². The fourth-order valence-electron chi connectivity index (χ4n) is 1.78. The topological polar surface area (TPSA) is 54.9 Å². The van der Waals surface area contributed by atoms with Crippen LogP contribution in [0.15, 0.2) is 18.2 Å². The smallest absolute Gasteiger partial charge is 0.214 e. The first-order valence-corrected chi connectivity index (χ1v) is 6.67. The number of benzene rings is 1. The van der Waals surface area contributed by atoms with E-state index in [0.717, 1.165) is 23.6 Å². The first-order chi connectivity index (χ1) is 9.15. The predicted octanol–water partition coefficient (Wildman–Crippen LogP) is 2.91. The van der Waals surface area contributed by atoms with Crippen molar-refractivity contribution in [3.05, 3.63) is 39.4 Å². The molecule has 19 heavy (non-hydrogen) atoms. The molecule has 0 unspecified atom stereocenters. The Kier molecular flexibility index (Phi) is 4.44. The van der Waals surface area contributed by atoms with E-state index in [1.807, 2.05) is 19.1 Å². The molecule has 102 valence electrons. The number of hydrogen-bond donors (Lipinski definition) is 2. The van der Waals surface area contributed by atoms with Crippen LogP contribution in [-0.2, 0) is 13.0 Å². The van der Waals surface area contributed by atoms with E-state index in [4.69, 9.17) is 28.6 Å². The Hall–Kier alpha value is -1.53. The van der Waals surface area contributed by atoms with E-state index in [0.29, 0.717) is 16.3 Å². The van der Waals surface area contributed by atoms with Crippen LogP contribution in [0.2, 0.25) is 5.02 Å². The van der Waals surface area contributed by atoms with Gasteiger partial charge in [-0.1, -0.05) is 18.5 Å². The van der Waals surface area contributed by atoms with E-state index in [9.17, 15) is 0 Å². The highest BCUT2D eigenvalue weighted by Crippen LogP contribution is 2.22. The average Bonchev–Trinajstić information content (AvgIpc) is 2.77. The largest absolute Gasteiger partial charge is 0.496 e. The number of ether oxygens (including phenoxy) is 1. The molecule has 1 heterocycles. The molecule has 0 aliphatic rings. The van der Waals surface area contributed by atoms with Crippen molar-refractivity contribution in [2.75, 3.05) is 12.5 Å². The molecule has 5 nitrogen and oxygen atoms in total. The van der Waals surface area contributed by atoms with Crippen molar-refractivity contribution in [2.24, 2.45) is 0 Å². The summed E-state index contributed by atoms with van der Waals surface area (Å²) >= 11 is 11.2. The van der Waals surface area contributed by atoms with Gasteiger partial charge in [0.15, 0.2) is 5.82 Å². The molecule has 2 N–H and O–H groups in total. The Bertz CT molecular complexity index is 622. The Morgan fingerprint density at radius 3 is 3.00 bits per heavy atom. The highest BCUT2D eigenvalue weighted by Gasteiger charge is 2.07. The van der Waals surface area contributed by atoms with Gasteiger partial charge in [0.2, 0.25) is 4.77 Å². The molecule has 0 bridgehead atoms. The molecule has 0 radical (unpaired) electrons. The van der Waals surface area contributed by atoms with Crippen molar-refractivity contribution in [2.45, 2.75) is 19.9 Å². The average molecular weight is 299 g/mol. The third-order valence-electron chi connectivity index (χ3n) is 2.73. The van der Waals surface area contributed by atoms with Crippen LogP contribution < -0.4 is 10.2 Å². The fourth-order valence-corrected chi connectivity index (χ4v) is 2.19. The summed E-state index contributed by atoms with van der Waals surface area (Å²) in [6.07, 6.45) is 0.785. The zero-order valence-corrected chi connectivity index (χ0v) is 12.3. The molecular weight excluding hydrogens is 284 g/mol. The van der Waals surface area contributed by atoms with Crippen molar-refractivity contribution in [1.29, 1.82) is 0 Å². The molecule has 1 aromatic carbocycles. The third kappa shape index (κ3) is 3.08. The van der Waals surface area contributed by atoms with E-state index < -0.39 is 0 Å². The molecule has 1 aromatic heterocycles. The fraction of sp³-hybridized carbons (Fsp3) is 0.333. The lowest BCUT2D eigenvalue weighted by Gasteiger charge is -2.12. The summed E-state index contributed by atoms with van der Waals surface area (Å²) in [6, 6.07) is 5.50. The van der Waals surface area contributed by atoms with Crippen molar-refractivity contribution >= 4 is 23.8 Å². The number of hydrogen-bond acceptors (Lipinski definition) is 4. The van der Waals surface area contributed by atoms with E-state index in [2.05, 4.69) is 15.6 Å².